The number of carbonyl (C=O) groups excluding carboxylic acids is 2. The molecule has 3 fully saturated rings. The van der Waals surface area contributed by atoms with Gasteiger partial charge in [-0.15, -0.1) is 0 Å². The first-order valence-electron chi connectivity index (χ1n) is 10.8. The lowest BCUT2D eigenvalue weighted by Crippen LogP contribution is -2.60. The van der Waals surface area contributed by atoms with Crippen LogP contribution in [0.1, 0.15) is 81.1 Å². The minimum Gasteiger partial charge on any atom is -0.368 e. The van der Waals surface area contributed by atoms with Crippen molar-refractivity contribution >= 4 is 11.8 Å². The predicted octanol–water partition coefficient (Wildman–Crippen LogP) is 2.58. The zero-order valence-corrected chi connectivity index (χ0v) is 16.8. The van der Waals surface area contributed by atoms with Gasteiger partial charge in [0.2, 0.25) is 5.91 Å². The van der Waals surface area contributed by atoms with Crippen LogP contribution in [0.15, 0.2) is 12.4 Å². The highest BCUT2D eigenvalue weighted by Gasteiger charge is 2.39. The summed E-state index contributed by atoms with van der Waals surface area (Å²) < 4.78 is 7.58. The molecule has 3 aliphatic rings. The molecular weight excluding hydrogens is 356 g/mol. The summed E-state index contributed by atoms with van der Waals surface area (Å²) in [6.45, 7) is 2.91. The second-order valence-electron chi connectivity index (χ2n) is 8.87. The largest absolute Gasteiger partial charge is 0.368 e. The van der Waals surface area contributed by atoms with Crippen LogP contribution in [-0.4, -0.2) is 46.4 Å². The maximum absolute atomic E-state index is 12.7. The second kappa shape index (κ2) is 8.23. The Bertz CT molecular complexity index is 702. The van der Waals surface area contributed by atoms with E-state index in [0.29, 0.717) is 30.7 Å². The Balaban J connectivity index is 1.27. The zero-order valence-electron chi connectivity index (χ0n) is 16.8. The first kappa shape index (κ1) is 19.4. The standard InChI is InChI=1S/C21H32N4O3/c1-15(28-13-16-7-8-16)19(26)22-14-21(9-4-10-21)24-20(27)17-11-23-25(12-17)18-5-2-3-6-18/h11-12,15-16,18H,2-10,13-14H2,1H3,(H,22,26)(H,24,27). The molecule has 7 heteroatoms. The topological polar surface area (TPSA) is 85.2 Å². The Morgan fingerprint density at radius 3 is 2.64 bits per heavy atom. The van der Waals surface area contributed by atoms with E-state index in [-0.39, 0.29) is 17.4 Å². The smallest absolute Gasteiger partial charge is 0.254 e. The van der Waals surface area contributed by atoms with Crippen LogP contribution < -0.4 is 10.6 Å². The van der Waals surface area contributed by atoms with E-state index in [1.54, 1.807) is 13.1 Å². The van der Waals surface area contributed by atoms with Gasteiger partial charge in [-0.3, -0.25) is 14.3 Å². The fourth-order valence-corrected chi connectivity index (χ4v) is 4.13. The summed E-state index contributed by atoms with van der Waals surface area (Å²) in [5.74, 6) is 0.434. The van der Waals surface area contributed by atoms with Crippen LogP contribution in [0.3, 0.4) is 0 Å². The molecule has 0 aliphatic heterocycles. The number of ether oxygens (including phenoxy) is 1. The van der Waals surface area contributed by atoms with Gasteiger partial charge in [0, 0.05) is 12.7 Å². The number of amides is 2. The maximum Gasteiger partial charge on any atom is 0.254 e. The molecule has 1 aromatic rings. The van der Waals surface area contributed by atoms with Gasteiger partial charge in [0.1, 0.15) is 6.10 Å². The highest BCUT2D eigenvalue weighted by molar-refractivity contribution is 5.94. The Labute approximate surface area is 166 Å². The number of nitrogens with zero attached hydrogens (tertiary/aromatic N) is 2. The average Bonchev–Trinajstić information content (AvgIpc) is 3.11. The van der Waals surface area contributed by atoms with Crippen LogP contribution in [0.2, 0.25) is 0 Å². The molecule has 0 radical (unpaired) electrons. The van der Waals surface area contributed by atoms with Crippen LogP contribution in [0, 0.1) is 5.92 Å². The number of rotatable bonds is 9. The quantitative estimate of drug-likeness (QED) is 0.681. The Morgan fingerprint density at radius 1 is 1.25 bits per heavy atom. The van der Waals surface area contributed by atoms with Crippen molar-refractivity contribution in [2.75, 3.05) is 13.2 Å². The lowest BCUT2D eigenvalue weighted by Gasteiger charge is -2.42. The van der Waals surface area contributed by atoms with Gasteiger partial charge in [-0.2, -0.15) is 5.10 Å². The molecule has 154 valence electrons. The highest BCUT2D eigenvalue weighted by Crippen LogP contribution is 2.32. The molecule has 2 N–H and O–H groups in total. The molecule has 3 saturated carbocycles. The van der Waals surface area contributed by atoms with E-state index in [1.807, 2.05) is 10.9 Å². The zero-order chi connectivity index (χ0) is 19.6. The SMILES string of the molecule is CC(OCC1CC1)C(=O)NCC1(NC(=O)c2cnn(C3CCCC3)c2)CCC1. The molecule has 4 rings (SSSR count). The van der Waals surface area contributed by atoms with E-state index in [1.165, 1.54) is 25.7 Å². The van der Waals surface area contributed by atoms with Crippen molar-refractivity contribution in [3.63, 3.8) is 0 Å². The molecule has 1 aromatic heterocycles. The van der Waals surface area contributed by atoms with Crippen molar-refractivity contribution in [2.24, 2.45) is 5.92 Å². The van der Waals surface area contributed by atoms with Crippen molar-refractivity contribution in [1.82, 2.24) is 20.4 Å². The van der Waals surface area contributed by atoms with E-state index < -0.39 is 6.10 Å². The molecule has 0 bridgehead atoms. The minimum absolute atomic E-state index is 0.101. The fourth-order valence-electron chi connectivity index (χ4n) is 4.13. The van der Waals surface area contributed by atoms with Gasteiger partial charge in [-0.1, -0.05) is 12.8 Å². The second-order valence-corrected chi connectivity index (χ2v) is 8.87. The summed E-state index contributed by atoms with van der Waals surface area (Å²) in [7, 11) is 0. The highest BCUT2D eigenvalue weighted by atomic mass is 16.5. The number of hydrogen-bond acceptors (Lipinski definition) is 4. The first-order valence-corrected chi connectivity index (χ1v) is 10.8. The average molecular weight is 389 g/mol. The lowest BCUT2D eigenvalue weighted by molar-refractivity contribution is -0.132. The third-order valence-corrected chi connectivity index (χ3v) is 6.50. The monoisotopic (exact) mass is 388 g/mol. The summed E-state index contributed by atoms with van der Waals surface area (Å²) in [4.78, 5) is 25.0. The Morgan fingerprint density at radius 2 is 2.00 bits per heavy atom. The van der Waals surface area contributed by atoms with Crippen molar-refractivity contribution in [2.45, 2.75) is 82.4 Å². The Hall–Kier alpha value is -1.89. The third-order valence-electron chi connectivity index (χ3n) is 6.50. The van der Waals surface area contributed by atoms with E-state index in [4.69, 9.17) is 4.74 Å². The van der Waals surface area contributed by atoms with Crippen LogP contribution in [-0.2, 0) is 9.53 Å². The summed E-state index contributed by atoms with van der Waals surface area (Å²) in [6.07, 6.45) is 13.1. The van der Waals surface area contributed by atoms with E-state index in [0.717, 1.165) is 32.1 Å². The molecule has 0 spiro atoms. The van der Waals surface area contributed by atoms with Crippen LogP contribution >= 0.6 is 0 Å². The summed E-state index contributed by atoms with van der Waals surface area (Å²) >= 11 is 0. The van der Waals surface area contributed by atoms with Gasteiger partial charge in [0.05, 0.1) is 29.9 Å². The molecule has 0 saturated heterocycles. The molecule has 1 atom stereocenters. The summed E-state index contributed by atoms with van der Waals surface area (Å²) in [5, 5.41) is 10.5. The summed E-state index contributed by atoms with van der Waals surface area (Å²) in [5.41, 5.74) is 0.254. The normalized spacial score (nSPS) is 22.5. The maximum atomic E-state index is 12.7. The van der Waals surface area contributed by atoms with E-state index in [9.17, 15) is 9.59 Å². The van der Waals surface area contributed by atoms with Crippen LogP contribution in [0.5, 0.6) is 0 Å². The molecule has 2 amide bonds. The third kappa shape index (κ3) is 4.57. The fraction of sp³-hybridized carbons (Fsp3) is 0.762. The molecule has 28 heavy (non-hydrogen) atoms. The molecule has 0 aromatic carbocycles. The van der Waals surface area contributed by atoms with Crippen molar-refractivity contribution in [3.8, 4) is 0 Å². The number of carbonyl (C=O) groups is 2. The molecular formula is C21H32N4O3. The lowest BCUT2D eigenvalue weighted by atomic mass is 9.76. The molecule has 3 aliphatic carbocycles. The van der Waals surface area contributed by atoms with Crippen molar-refractivity contribution < 1.29 is 14.3 Å². The van der Waals surface area contributed by atoms with Crippen molar-refractivity contribution in [1.29, 1.82) is 0 Å². The number of hydrogen-bond donors (Lipinski definition) is 2. The van der Waals surface area contributed by atoms with Gasteiger partial charge in [0.15, 0.2) is 0 Å². The van der Waals surface area contributed by atoms with Crippen LogP contribution in [0.25, 0.3) is 0 Å². The first-order chi connectivity index (χ1) is 13.5. The minimum atomic E-state index is -0.446. The predicted molar refractivity (Wildman–Crippen MR) is 105 cm³/mol. The number of aromatic nitrogens is 2. The van der Waals surface area contributed by atoms with Gasteiger partial charge in [0.25, 0.3) is 5.91 Å². The summed E-state index contributed by atoms with van der Waals surface area (Å²) in [6, 6.07) is 0.427. The Kier molecular flexibility index (Phi) is 5.71. The number of nitrogens with one attached hydrogen (secondary N) is 2. The molecule has 1 unspecified atom stereocenters. The van der Waals surface area contributed by atoms with E-state index in [2.05, 4.69) is 15.7 Å². The van der Waals surface area contributed by atoms with Gasteiger partial charge >= 0.3 is 0 Å². The van der Waals surface area contributed by atoms with E-state index >= 15 is 0 Å². The van der Waals surface area contributed by atoms with Gasteiger partial charge < -0.3 is 15.4 Å². The van der Waals surface area contributed by atoms with Crippen molar-refractivity contribution in [3.05, 3.63) is 18.0 Å². The van der Waals surface area contributed by atoms with Gasteiger partial charge in [-0.25, -0.2) is 0 Å². The molecule has 1 heterocycles. The van der Waals surface area contributed by atoms with Gasteiger partial charge in [-0.05, 0) is 57.8 Å². The molecule has 7 nitrogen and oxygen atoms in total. The van der Waals surface area contributed by atoms with Crippen LogP contribution in [0.4, 0.5) is 0 Å².